The molecule has 3 heteroatoms. The molecular weight excluding hydrogens is 240 g/mol. The van der Waals surface area contributed by atoms with Gasteiger partial charge in [0.2, 0.25) is 0 Å². The van der Waals surface area contributed by atoms with E-state index in [0.29, 0.717) is 19.1 Å². The summed E-state index contributed by atoms with van der Waals surface area (Å²) in [6.45, 7) is 5.21. The van der Waals surface area contributed by atoms with Gasteiger partial charge >= 0.3 is 0 Å². The van der Waals surface area contributed by atoms with Gasteiger partial charge < -0.3 is 14.6 Å². The molecule has 0 aromatic heterocycles. The van der Waals surface area contributed by atoms with Crippen LogP contribution in [0.25, 0.3) is 0 Å². The number of rotatable bonds is 8. The lowest BCUT2D eigenvalue weighted by Gasteiger charge is -2.13. The molecule has 0 saturated heterocycles. The van der Waals surface area contributed by atoms with E-state index in [1.54, 1.807) is 0 Å². The second-order valence-corrected chi connectivity index (χ2v) is 5.09. The third-order valence-corrected chi connectivity index (χ3v) is 3.50. The van der Waals surface area contributed by atoms with Crippen LogP contribution in [0, 0.1) is 5.92 Å². The minimum absolute atomic E-state index is 0.137. The molecule has 1 saturated carbocycles. The average Bonchev–Trinajstić information content (AvgIpc) is 3.23. The summed E-state index contributed by atoms with van der Waals surface area (Å²) < 4.78 is 11.2. The van der Waals surface area contributed by atoms with Gasteiger partial charge in [0.1, 0.15) is 0 Å². The van der Waals surface area contributed by atoms with Crippen molar-refractivity contribution in [2.75, 3.05) is 13.2 Å². The Morgan fingerprint density at radius 1 is 1.16 bits per heavy atom. The Kier molecular flexibility index (Phi) is 5.08. The van der Waals surface area contributed by atoms with Gasteiger partial charge in [0.05, 0.1) is 19.3 Å². The van der Waals surface area contributed by atoms with Gasteiger partial charge in [-0.3, -0.25) is 0 Å². The van der Waals surface area contributed by atoms with Gasteiger partial charge in [-0.05, 0) is 63.1 Å². The number of aryl methyl sites for hydroxylation is 1. The van der Waals surface area contributed by atoms with Crippen LogP contribution in [0.5, 0.6) is 11.5 Å². The summed E-state index contributed by atoms with van der Waals surface area (Å²) >= 11 is 0. The van der Waals surface area contributed by atoms with E-state index in [0.717, 1.165) is 24.3 Å². The lowest BCUT2D eigenvalue weighted by molar-refractivity contribution is 0.142. The van der Waals surface area contributed by atoms with Gasteiger partial charge in [0, 0.05) is 0 Å². The number of aliphatic hydroxyl groups excluding tert-OH is 1. The Hall–Kier alpha value is -1.22. The van der Waals surface area contributed by atoms with Crippen LogP contribution in [0.3, 0.4) is 0 Å². The molecule has 3 nitrogen and oxygen atoms in total. The summed E-state index contributed by atoms with van der Waals surface area (Å²) in [5.41, 5.74) is 1.20. The summed E-state index contributed by atoms with van der Waals surface area (Å²) in [5.74, 6) is 2.16. The van der Waals surface area contributed by atoms with E-state index in [9.17, 15) is 5.11 Å². The van der Waals surface area contributed by atoms with Gasteiger partial charge in [0.25, 0.3) is 0 Å². The first-order chi connectivity index (χ1) is 9.24. The van der Waals surface area contributed by atoms with Crippen LogP contribution in [0.1, 0.15) is 38.7 Å². The van der Waals surface area contributed by atoms with Gasteiger partial charge in [-0.15, -0.1) is 0 Å². The maximum absolute atomic E-state index is 9.91. The average molecular weight is 264 g/mol. The van der Waals surface area contributed by atoms with Crippen molar-refractivity contribution in [1.82, 2.24) is 0 Å². The van der Waals surface area contributed by atoms with Gasteiger partial charge in [0.15, 0.2) is 11.5 Å². The van der Waals surface area contributed by atoms with Crippen LogP contribution in [0.4, 0.5) is 0 Å². The lowest BCUT2D eigenvalue weighted by Crippen LogP contribution is -2.10. The SMILES string of the molecule is CCOc1ccc(CCC(O)C2CC2)cc1OCC. The highest BCUT2D eigenvalue weighted by Crippen LogP contribution is 2.35. The van der Waals surface area contributed by atoms with Gasteiger partial charge in [-0.1, -0.05) is 6.07 Å². The number of benzene rings is 1. The van der Waals surface area contributed by atoms with Gasteiger partial charge in [-0.25, -0.2) is 0 Å². The molecule has 19 heavy (non-hydrogen) atoms. The van der Waals surface area contributed by atoms with Crippen molar-refractivity contribution in [2.45, 2.75) is 45.6 Å². The second-order valence-electron chi connectivity index (χ2n) is 5.09. The summed E-state index contributed by atoms with van der Waals surface area (Å²) in [7, 11) is 0. The molecule has 1 fully saturated rings. The highest BCUT2D eigenvalue weighted by molar-refractivity contribution is 5.43. The van der Waals surface area contributed by atoms with Crippen molar-refractivity contribution in [1.29, 1.82) is 0 Å². The van der Waals surface area contributed by atoms with E-state index in [-0.39, 0.29) is 6.10 Å². The molecule has 0 radical (unpaired) electrons. The van der Waals surface area contributed by atoms with Crippen LogP contribution in [0.15, 0.2) is 18.2 Å². The van der Waals surface area contributed by atoms with Crippen LogP contribution in [-0.2, 0) is 6.42 Å². The molecule has 0 heterocycles. The Balaban J connectivity index is 1.97. The predicted octanol–water partition coefficient (Wildman–Crippen LogP) is 3.19. The third-order valence-electron chi connectivity index (χ3n) is 3.50. The zero-order valence-electron chi connectivity index (χ0n) is 11.9. The summed E-state index contributed by atoms with van der Waals surface area (Å²) in [4.78, 5) is 0. The zero-order chi connectivity index (χ0) is 13.7. The van der Waals surface area contributed by atoms with Gasteiger partial charge in [-0.2, -0.15) is 0 Å². The highest BCUT2D eigenvalue weighted by atomic mass is 16.5. The standard InChI is InChI=1S/C16H24O3/c1-3-18-15-10-6-12(11-16(15)19-4-2)5-9-14(17)13-7-8-13/h6,10-11,13-14,17H,3-5,7-9H2,1-2H3. The molecule has 0 spiro atoms. The molecule has 0 bridgehead atoms. The Labute approximate surface area is 115 Å². The molecule has 1 aromatic rings. The fraction of sp³-hybridized carbons (Fsp3) is 0.625. The Bertz CT molecular complexity index is 399. The summed E-state index contributed by atoms with van der Waals surface area (Å²) in [6, 6.07) is 6.06. The second kappa shape index (κ2) is 6.80. The Morgan fingerprint density at radius 3 is 2.47 bits per heavy atom. The molecule has 1 aliphatic rings. The predicted molar refractivity (Wildman–Crippen MR) is 75.8 cm³/mol. The number of aliphatic hydroxyl groups is 1. The van der Waals surface area contributed by atoms with Crippen LogP contribution in [-0.4, -0.2) is 24.4 Å². The molecule has 1 atom stereocenters. The van der Waals surface area contributed by atoms with E-state index in [1.165, 1.54) is 18.4 Å². The van der Waals surface area contributed by atoms with Crippen molar-refractivity contribution >= 4 is 0 Å². The maximum atomic E-state index is 9.91. The third kappa shape index (κ3) is 4.13. The monoisotopic (exact) mass is 264 g/mol. The summed E-state index contributed by atoms with van der Waals surface area (Å²) in [6.07, 6.45) is 3.97. The topological polar surface area (TPSA) is 38.7 Å². The highest BCUT2D eigenvalue weighted by Gasteiger charge is 2.29. The molecular formula is C16H24O3. The first-order valence-corrected chi connectivity index (χ1v) is 7.31. The minimum atomic E-state index is -0.137. The molecule has 1 N–H and O–H groups in total. The number of ether oxygens (including phenoxy) is 2. The van der Waals surface area contributed by atoms with Crippen molar-refractivity contribution in [2.24, 2.45) is 5.92 Å². The quantitative estimate of drug-likeness (QED) is 0.783. The number of hydrogen-bond donors (Lipinski definition) is 1. The van der Waals surface area contributed by atoms with Crippen LogP contribution < -0.4 is 9.47 Å². The summed E-state index contributed by atoms with van der Waals surface area (Å²) in [5, 5.41) is 9.91. The maximum Gasteiger partial charge on any atom is 0.161 e. The first kappa shape index (κ1) is 14.2. The molecule has 2 rings (SSSR count). The normalized spacial score (nSPS) is 16.2. The fourth-order valence-electron chi connectivity index (χ4n) is 2.28. The molecule has 106 valence electrons. The minimum Gasteiger partial charge on any atom is -0.490 e. The van der Waals surface area contributed by atoms with Crippen molar-refractivity contribution in [3.8, 4) is 11.5 Å². The van der Waals surface area contributed by atoms with Crippen LogP contribution in [0.2, 0.25) is 0 Å². The van der Waals surface area contributed by atoms with Crippen molar-refractivity contribution < 1.29 is 14.6 Å². The van der Waals surface area contributed by atoms with E-state index in [4.69, 9.17) is 9.47 Å². The van der Waals surface area contributed by atoms with Crippen molar-refractivity contribution in [3.63, 3.8) is 0 Å². The van der Waals surface area contributed by atoms with Crippen molar-refractivity contribution in [3.05, 3.63) is 23.8 Å². The lowest BCUT2D eigenvalue weighted by atomic mass is 10.0. The van der Waals surface area contributed by atoms with E-state index in [2.05, 4.69) is 6.07 Å². The zero-order valence-corrected chi connectivity index (χ0v) is 11.9. The molecule has 0 aliphatic heterocycles. The van der Waals surface area contributed by atoms with E-state index in [1.807, 2.05) is 26.0 Å². The van der Waals surface area contributed by atoms with E-state index >= 15 is 0 Å². The first-order valence-electron chi connectivity index (χ1n) is 7.31. The molecule has 1 aromatic carbocycles. The largest absolute Gasteiger partial charge is 0.490 e. The molecule has 1 aliphatic carbocycles. The Morgan fingerprint density at radius 2 is 1.84 bits per heavy atom. The van der Waals surface area contributed by atoms with Crippen LogP contribution >= 0.6 is 0 Å². The number of hydrogen-bond acceptors (Lipinski definition) is 3. The fourth-order valence-corrected chi connectivity index (χ4v) is 2.28. The smallest absolute Gasteiger partial charge is 0.161 e. The molecule has 1 unspecified atom stereocenters. The molecule has 0 amide bonds. The van der Waals surface area contributed by atoms with E-state index < -0.39 is 0 Å².